The van der Waals surface area contributed by atoms with Crippen molar-refractivity contribution in [2.45, 2.75) is 31.0 Å². The Bertz CT molecular complexity index is 1740. The SMILES string of the molecule is CNCCNc1cc2c(ccc[n+]2CC2=C(C(=O)O)N3C(=O)[C@@H](NC(=O)C(=NO[C@@H](C)C(=O)O)c4nc(N)sc4Cl)C3SC2)[nH]1. The Balaban J connectivity index is 1.36. The first-order valence-electron chi connectivity index (χ1n) is 13.5. The number of thiazole rings is 1. The van der Waals surface area contributed by atoms with Gasteiger partial charge in [-0.25, -0.2) is 14.6 Å². The van der Waals surface area contributed by atoms with E-state index in [1.165, 1.54) is 18.7 Å². The fourth-order valence-corrected chi connectivity index (χ4v) is 7.02. The summed E-state index contributed by atoms with van der Waals surface area (Å²) in [4.78, 5) is 63.7. The van der Waals surface area contributed by atoms with Crippen molar-refractivity contribution >= 4 is 86.1 Å². The molecule has 5 heterocycles. The minimum Gasteiger partial charge on any atom is -0.478 e. The van der Waals surface area contributed by atoms with Crippen LogP contribution in [-0.2, 0) is 30.6 Å². The average Bonchev–Trinajstić information content (AvgIpc) is 3.57. The maximum Gasteiger partial charge on any atom is 0.352 e. The smallest absolute Gasteiger partial charge is 0.352 e. The number of hydrogen-bond donors (Lipinski definition) is 7. The molecule has 238 valence electrons. The van der Waals surface area contributed by atoms with Gasteiger partial charge in [0, 0.05) is 30.5 Å². The molecule has 2 amide bonds. The number of aromatic nitrogens is 3. The van der Waals surface area contributed by atoms with E-state index >= 15 is 0 Å². The second-order valence-corrected chi connectivity index (χ2v) is 12.7. The van der Waals surface area contributed by atoms with E-state index in [9.17, 15) is 24.3 Å². The third-order valence-corrected chi connectivity index (χ3v) is 9.37. The van der Waals surface area contributed by atoms with Gasteiger partial charge in [0.05, 0.1) is 6.07 Å². The standard InChI is InChI=1S/C26H28ClN9O7S2/c1-11(24(39)40)43-34-17(16-20(27)45-26(28)33-16)21(37)32-18-22(38)36-19(25(41)42)12(10-44-23(18)36)9-35-7-3-4-13-14(35)8-15(31-13)30-6-5-29-2/h3-4,7-8,11,18,23,29H,5-6,9-10H2,1-2H3,(H6,28,30,31,32,33,37,39,40,41,42)/p+1/t11-,18+,23?/m0/s1. The number of halogens is 1. The predicted octanol–water partition coefficient (Wildman–Crippen LogP) is 0.411. The maximum atomic E-state index is 13.3. The molecular weight excluding hydrogens is 650 g/mol. The summed E-state index contributed by atoms with van der Waals surface area (Å²) in [7, 11) is 1.86. The van der Waals surface area contributed by atoms with E-state index in [0.29, 0.717) is 12.1 Å². The van der Waals surface area contributed by atoms with Gasteiger partial charge in [0.2, 0.25) is 11.6 Å². The third kappa shape index (κ3) is 6.53. The first-order valence-corrected chi connectivity index (χ1v) is 15.7. The number of β-lactam (4-membered cyclic amide) rings is 1. The Labute approximate surface area is 268 Å². The number of carboxylic acid groups (broad SMARTS) is 2. The average molecular weight is 679 g/mol. The summed E-state index contributed by atoms with van der Waals surface area (Å²) >= 11 is 8.33. The Hall–Kier alpha value is -4.39. The molecule has 0 bridgehead atoms. The first-order chi connectivity index (χ1) is 21.5. The summed E-state index contributed by atoms with van der Waals surface area (Å²) in [6.07, 6.45) is 0.428. The second kappa shape index (κ2) is 13.3. The quantitative estimate of drug-likeness (QED) is 0.0429. The molecule has 0 spiro atoms. The van der Waals surface area contributed by atoms with Crippen LogP contribution in [0.25, 0.3) is 11.0 Å². The lowest BCUT2D eigenvalue weighted by Gasteiger charge is -2.49. The van der Waals surface area contributed by atoms with Gasteiger partial charge in [-0.15, -0.1) is 11.8 Å². The molecule has 16 nitrogen and oxygen atoms in total. The lowest BCUT2D eigenvalue weighted by atomic mass is 10.0. The maximum absolute atomic E-state index is 13.3. The number of carbonyl (C=O) groups excluding carboxylic acids is 2. The molecule has 1 saturated heterocycles. The molecule has 19 heteroatoms. The summed E-state index contributed by atoms with van der Waals surface area (Å²) in [6, 6.07) is 4.59. The number of thioether (sulfide) groups is 1. The molecule has 0 aliphatic carbocycles. The molecule has 3 aromatic rings. The van der Waals surface area contributed by atoms with Crippen molar-refractivity contribution in [2.75, 3.05) is 36.9 Å². The summed E-state index contributed by atoms with van der Waals surface area (Å²) < 4.78 is 1.90. The summed E-state index contributed by atoms with van der Waals surface area (Å²) in [5.41, 5.74) is 7.14. The number of aliphatic carboxylic acids is 2. The van der Waals surface area contributed by atoms with Crippen LogP contribution >= 0.6 is 34.7 Å². The van der Waals surface area contributed by atoms with Crippen LogP contribution in [0.4, 0.5) is 10.9 Å². The molecule has 3 aromatic heterocycles. The van der Waals surface area contributed by atoms with Gasteiger partial charge in [0.1, 0.15) is 38.5 Å². The number of nitrogen functional groups attached to an aromatic ring is 1. The Morgan fingerprint density at radius 3 is 2.80 bits per heavy atom. The van der Waals surface area contributed by atoms with Gasteiger partial charge < -0.3 is 41.7 Å². The van der Waals surface area contributed by atoms with E-state index in [-0.39, 0.29) is 33.2 Å². The van der Waals surface area contributed by atoms with Gasteiger partial charge in [0.15, 0.2) is 23.6 Å². The minimum absolute atomic E-state index is 0.00173. The van der Waals surface area contributed by atoms with E-state index < -0.39 is 47.0 Å². The Morgan fingerprint density at radius 1 is 1.36 bits per heavy atom. The Kier molecular flexibility index (Phi) is 9.47. The van der Waals surface area contributed by atoms with Gasteiger partial charge in [-0.3, -0.25) is 14.5 Å². The zero-order valence-electron chi connectivity index (χ0n) is 23.9. The van der Waals surface area contributed by atoms with E-state index in [2.05, 4.69) is 31.1 Å². The van der Waals surface area contributed by atoms with Gasteiger partial charge in [-0.2, -0.15) is 4.57 Å². The van der Waals surface area contributed by atoms with Crippen molar-refractivity contribution in [2.24, 2.45) is 5.16 Å². The Morgan fingerprint density at radius 2 is 2.13 bits per heavy atom. The lowest BCUT2D eigenvalue weighted by Crippen LogP contribution is -2.71. The van der Waals surface area contributed by atoms with Crippen molar-refractivity contribution in [1.82, 2.24) is 25.5 Å². The second-order valence-electron chi connectivity index (χ2n) is 9.97. The largest absolute Gasteiger partial charge is 0.478 e. The van der Waals surface area contributed by atoms with Crippen LogP contribution in [0, 0.1) is 0 Å². The molecule has 5 rings (SSSR count). The fraction of sp³-hybridized carbons (Fsp3) is 0.346. The lowest BCUT2D eigenvalue weighted by molar-refractivity contribution is -0.663. The van der Waals surface area contributed by atoms with Crippen LogP contribution in [0.2, 0.25) is 4.34 Å². The molecule has 0 saturated carbocycles. The highest BCUT2D eigenvalue weighted by atomic mass is 35.5. The number of carbonyl (C=O) groups is 4. The van der Waals surface area contributed by atoms with Crippen LogP contribution in [0.15, 0.2) is 40.8 Å². The van der Waals surface area contributed by atoms with Crippen molar-refractivity contribution < 1.29 is 38.8 Å². The molecule has 8 N–H and O–H groups in total. The number of rotatable bonds is 13. The number of oxime groups is 1. The first kappa shape index (κ1) is 32.0. The summed E-state index contributed by atoms with van der Waals surface area (Å²) in [5.74, 6) is -3.08. The number of nitrogens with two attached hydrogens (primary N) is 1. The van der Waals surface area contributed by atoms with Crippen molar-refractivity contribution in [3.8, 4) is 0 Å². The monoisotopic (exact) mass is 678 g/mol. The molecule has 3 atom stereocenters. The van der Waals surface area contributed by atoms with Gasteiger partial charge in [-0.1, -0.05) is 28.1 Å². The van der Waals surface area contributed by atoms with E-state index in [0.717, 1.165) is 39.6 Å². The molecule has 2 aliphatic heterocycles. The molecule has 1 fully saturated rings. The zero-order chi connectivity index (χ0) is 32.4. The molecule has 0 radical (unpaired) electrons. The van der Waals surface area contributed by atoms with Crippen LogP contribution in [0.5, 0.6) is 0 Å². The fourth-order valence-electron chi connectivity index (χ4n) is 4.76. The number of anilines is 2. The highest BCUT2D eigenvalue weighted by molar-refractivity contribution is 8.00. The van der Waals surface area contributed by atoms with Crippen LogP contribution in [0.1, 0.15) is 12.6 Å². The summed E-state index contributed by atoms with van der Waals surface area (Å²) in [6.45, 7) is 2.90. The molecular formula is C26H29ClN9O7S2+. The normalized spacial score (nSPS) is 18.8. The molecule has 0 aromatic carbocycles. The topological polar surface area (TPSA) is 228 Å². The van der Waals surface area contributed by atoms with Crippen molar-refractivity contribution in [1.29, 1.82) is 0 Å². The zero-order valence-corrected chi connectivity index (χ0v) is 26.3. The highest BCUT2D eigenvalue weighted by Crippen LogP contribution is 2.40. The number of hydrogen-bond acceptors (Lipinski definition) is 12. The van der Waals surface area contributed by atoms with Gasteiger partial charge in [-0.05, 0) is 20.0 Å². The third-order valence-electron chi connectivity index (χ3n) is 6.94. The number of nitrogens with zero attached hydrogens (tertiary/aromatic N) is 4. The molecule has 1 unspecified atom stereocenters. The van der Waals surface area contributed by atoms with Crippen LogP contribution < -0.4 is 26.3 Å². The van der Waals surface area contributed by atoms with Crippen molar-refractivity contribution in [3.05, 3.63) is 45.7 Å². The number of likely N-dealkylation sites (N-methyl/N-ethyl adjacent to an activating group) is 1. The number of carboxylic acids is 2. The van der Waals surface area contributed by atoms with E-state index in [1.54, 1.807) is 0 Å². The van der Waals surface area contributed by atoms with E-state index in [4.69, 9.17) is 27.3 Å². The molecule has 45 heavy (non-hydrogen) atoms. The number of nitrogens with one attached hydrogen (secondary N) is 4. The number of amides is 2. The number of fused-ring (bicyclic) bond motifs is 2. The highest BCUT2D eigenvalue weighted by Gasteiger charge is 2.55. The van der Waals surface area contributed by atoms with Crippen molar-refractivity contribution in [3.63, 3.8) is 0 Å². The number of aromatic amines is 1. The van der Waals surface area contributed by atoms with Crippen LogP contribution in [-0.4, -0.2) is 98.0 Å². The van der Waals surface area contributed by atoms with Gasteiger partial charge >= 0.3 is 11.9 Å². The van der Waals surface area contributed by atoms with Gasteiger partial charge in [0.25, 0.3) is 11.8 Å². The number of H-pyrrole nitrogens is 1. The number of pyridine rings is 1. The van der Waals surface area contributed by atoms with Crippen LogP contribution in [0.3, 0.4) is 0 Å². The minimum atomic E-state index is -1.41. The molecule has 2 aliphatic rings. The summed E-state index contributed by atoms with van der Waals surface area (Å²) in [5, 5.41) is 31.2. The predicted molar refractivity (Wildman–Crippen MR) is 167 cm³/mol. The van der Waals surface area contributed by atoms with E-state index in [1.807, 2.05) is 36.0 Å².